The molecule has 20 heavy (non-hydrogen) atoms. The van der Waals surface area contributed by atoms with Crippen LogP contribution in [0.25, 0.3) is 0 Å². The molecule has 4 nitrogen and oxygen atoms in total. The molecule has 3 N–H and O–H groups in total. The van der Waals surface area contributed by atoms with E-state index in [1.54, 1.807) is 19.1 Å². The maximum absolute atomic E-state index is 12.5. The summed E-state index contributed by atoms with van der Waals surface area (Å²) in [4.78, 5) is 12.7. The molecule has 0 aromatic heterocycles. The highest BCUT2D eigenvalue weighted by Crippen LogP contribution is 2.23. The van der Waals surface area contributed by atoms with Gasteiger partial charge >= 0.3 is 0 Å². The first-order chi connectivity index (χ1) is 9.19. The van der Waals surface area contributed by atoms with Crippen LogP contribution in [0.4, 0.5) is 5.69 Å². The van der Waals surface area contributed by atoms with E-state index in [9.17, 15) is 9.00 Å². The number of rotatable bonds is 5. The molecule has 2 atom stereocenters. The number of hydrogen-bond donors (Lipinski definition) is 2. The molecule has 0 saturated carbocycles. The van der Waals surface area contributed by atoms with Crippen molar-refractivity contribution < 1.29 is 9.00 Å². The Morgan fingerprint density at radius 2 is 2.05 bits per heavy atom. The average molecular weight is 296 g/mol. The molecule has 0 heterocycles. The summed E-state index contributed by atoms with van der Waals surface area (Å²) in [5, 5.41) is 2.28. The number of nitrogens with one attached hydrogen (secondary N) is 1. The smallest absolute Gasteiger partial charge is 0.236 e. The fourth-order valence-electron chi connectivity index (χ4n) is 1.64. The topological polar surface area (TPSA) is 72.2 Å². The normalized spacial score (nSPS) is 14.7. The van der Waals surface area contributed by atoms with Crippen molar-refractivity contribution >= 4 is 22.4 Å². The Labute approximate surface area is 123 Å². The van der Waals surface area contributed by atoms with Crippen LogP contribution in [0.15, 0.2) is 23.1 Å². The number of nitrogen functional groups attached to an aromatic ring is 1. The van der Waals surface area contributed by atoms with Gasteiger partial charge in [0.15, 0.2) is 0 Å². The number of hydrogen-bond acceptors (Lipinski definition) is 3. The van der Waals surface area contributed by atoms with E-state index in [1.165, 1.54) is 0 Å². The van der Waals surface area contributed by atoms with Gasteiger partial charge in [-0.15, -0.1) is 0 Å². The maximum Gasteiger partial charge on any atom is 0.236 e. The Balaban J connectivity index is 2.92. The Hall–Kier alpha value is -1.36. The van der Waals surface area contributed by atoms with Crippen LogP contribution in [0.1, 0.15) is 39.7 Å². The van der Waals surface area contributed by atoms with Gasteiger partial charge in [0.05, 0.1) is 21.4 Å². The van der Waals surface area contributed by atoms with E-state index >= 15 is 0 Å². The van der Waals surface area contributed by atoms with Crippen molar-refractivity contribution in [3.05, 3.63) is 23.8 Å². The summed E-state index contributed by atoms with van der Waals surface area (Å²) in [7, 11) is -1.45. The summed E-state index contributed by atoms with van der Waals surface area (Å²) in [5.41, 5.74) is 7.02. The number of nitrogens with two attached hydrogens (primary N) is 1. The maximum atomic E-state index is 12.5. The van der Waals surface area contributed by atoms with E-state index in [1.807, 2.05) is 33.8 Å². The SMILES string of the molecule is CCC(C)(C)NC(=O)C(C)S(=O)c1cccc(C)c1N. The summed E-state index contributed by atoms with van der Waals surface area (Å²) in [6.07, 6.45) is 0.810. The van der Waals surface area contributed by atoms with E-state index < -0.39 is 16.0 Å². The van der Waals surface area contributed by atoms with Gasteiger partial charge in [-0.05, 0) is 45.7 Å². The highest BCUT2D eigenvalue weighted by molar-refractivity contribution is 7.86. The third kappa shape index (κ3) is 3.82. The molecule has 0 aliphatic heterocycles. The molecule has 0 bridgehead atoms. The largest absolute Gasteiger partial charge is 0.398 e. The number of anilines is 1. The fourth-order valence-corrected chi connectivity index (χ4v) is 2.87. The number of para-hydroxylation sites is 1. The zero-order chi connectivity index (χ0) is 15.5. The first-order valence-electron chi connectivity index (χ1n) is 6.77. The second kappa shape index (κ2) is 6.39. The highest BCUT2D eigenvalue weighted by Gasteiger charge is 2.27. The standard InChI is InChI=1S/C15H24N2O2S/c1-6-15(4,5)17-14(18)11(3)20(19)12-9-7-8-10(2)13(12)16/h7-9,11H,6,16H2,1-5H3,(H,17,18). The van der Waals surface area contributed by atoms with Crippen LogP contribution in [0.2, 0.25) is 0 Å². The molecule has 1 aromatic carbocycles. The number of carbonyl (C=O) groups is 1. The van der Waals surface area contributed by atoms with Gasteiger partial charge in [0.25, 0.3) is 0 Å². The third-order valence-corrected chi connectivity index (χ3v) is 5.18. The van der Waals surface area contributed by atoms with Crippen molar-refractivity contribution in [2.45, 2.75) is 56.7 Å². The van der Waals surface area contributed by atoms with Gasteiger partial charge in [0, 0.05) is 5.54 Å². The molecule has 1 aromatic rings. The summed E-state index contributed by atoms with van der Waals surface area (Å²) >= 11 is 0. The summed E-state index contributed by atoms with van der Waals surface area (Å²) in [6, 6.07) is 5.38. The number of carbonyl (C=O) groups excluding carboxylic acids is 1. The van der Waals surface area contributed by atoms with Gasteiger partial charge in [0.2, 0.25) is 5.91 Å². The predicted molar refractivity (Wildman–Crippen MR) is 84.0 cm³/mol. The Morgan fingerprint density at radius 1 is 1.45 bits per heavy atom. The van der Waals surface area contributed by atoms with E-state index in [0.717, 1.165) is 12.0 Å². The Kier molecular flexibility index (Phi) is 5.34. The molecule has 1 amide bonds. The molecule has 0 aliphatic carbocycles. The number of benzene rings is 1. The lowest BCUT2D eigenvalue weighted by atomic mass is 10.0. The summed E-state index contributed by atoms with van der Waals surface area (Å²) in [6.45, 7) is 9.42. The molecule has 0 fully saturated rings. The second-order valence-electron chi connectivity index (χ2n) is 5.65. The summed E-state index contributed by atoms with van der Waals surface area (Å²) in [5.74, 6) is -0.212. The third-order valence-electron chi connectivity index (χ3n) is 3.54. The van der Waals surface area contributed by atoms with Crippen LogP contribution in [-0.4, -0.2) is 20.9 Å². The van der Waals surface area contributed by atoms with Crippen LogP contribution in [0.5, 0.6) is 0 Å². The van der Waals surface area contributed by atoms with Crippen LogP contribution < -0.4 is 11.1 Å². The van der Waals surface area contributed by atoms with Crippen molar-refractivity contribution in [3.63, 3.8) is 0 Å². The van der Waals surface area contributed by atoms with Gasteiger partial charge in [-0.1, -0.05) is 19.1 Å². The van der Waals surface area contributed by atoms with Gasteiger partial charge in [-0.3, -0.25) is 9.00 Å². The van der Waals surface area contributed by atoms with Gasteiger partial charge in [-0.25, -0.2) is 0 Å². The minimum atomic E-state index is -1.45. The number of amides is 1. The lowest BCUT2D eigenvalue weighted by molar-refractivity contribution is -0.121. The lowest BCUT2D eigenvalue weighted by Gasteiger charge is -2.26. The van der Waals surface area contributed by atoms with Crippen LogP contribution >= 0.6 is 0 Å². The molecule has 0 aliphatic rings. The van der Waals surface area contributed by atoms with Crippen LogP contribution in [-0.2, 0) is 15.6 Å². The van der Waals surface area contributed by atoms with Crippen molar-refractivity contribution in [1.82, 2.24) is 5.32 Å². The van der Waals surface area contributed by atoms with Crippen molar-refractivity contribution in [3.8, 4) is 0 Å². The molecule has 112 valence electrons. The van der Waals surface area contributed by atoms with Gasteiger partial charge in [-0.2, -0.15) is 0 Å². The van der Waals surface area contributed by atoms with Crippen molar-refractivity contribution in [1.29, 1.82) is 0 Å². The average Bonchev–Trinajstić information content (AvgIpc) is 2.39. The first kappa shape index (κ1) is 16.7. The second-order valence-corrected chi connectivity index (χ2v) is 7.39. The molecule has 0 radical (unpaired) electrons. The van der Waals surface area contributed by atoms with Crippen LogP contribution in [0, 0.1) is 6.92 Å². The molecular weight excluding hydrogens is 272 g/mol. The molecular formula is C15H24N2O2S. The van der Waals surface area contributed by atoms with E-state index in [2.05, 4.69) is 5.32 Å². The Morgan fingerprint density at radius 3 is 2.60 bits per heavy atom. The first-order valence-corrected chi connectivity index (χ1v) is 7.98. The molecule has 2 unspecified atom stereocenters. The van der Waals surface area contributed by atoms with Crippen molar-refractivity contribution in [2.75, 3.05) is 5.73 Å². The van der Waals surface area contributed by atoms with Gasteiger partial charge < -0.3 is 11.1 Å². The minimum Gasteiger partial charge on any atom is -0.398 e. The fraction of sp³-hybridized carbons (Fsp3) is 0.533. The monoisotopic (exact) mass is 296 g/mol. The molecule has 0 spiro atoms. The van der Waals surface area contributed by atoms with Crippen LogP contribution in [0.3, 0.4) is 0 Å². The zero-order valence-electron chi connectivity index (χ0n) is 12.8. The van der Waals surface area contributed by atoms with Gasteiger partial charge in [0.1, 0.15) is 5.25 Å². The zero-order valence-corrected chi connectivity index (χ0v) is 13.6. The van der Waals surface area contributed by atoms with E-state index in [0.29, 0.717) is 10.6 Å². The summed E-state index contributed by atoms with van der Waals surface area (Å²) < 4.78 is 12.5. The Bertz CT molecular complexity index is 527. The van der Waals surface area contributed by atoms with E-state index in [4.69, 9.17) is 5.73 Å². The molecule has 1 rings (SSSR count). The minimum absolute atomic E-state index is 0.212. The molecule has 0 saturated heterocycles. The predicted octanol–water partition coefficient (Wildman–Crippen LogP) is 2.38. The quantitative estimate of drug-likeness (QED) is 0.819. The van der Waals surface area contributed by atoms with Crippen molar-refractivity contribution in [2.24, 2.45) is 0 Å². The van der Waals surface area contributed by atoms with E-state index in [-0.39, 0.29) is 11.4 Å². The number of aryl methyl sites for hydroxylation is 1. The highest BCUT2D eigenvalue weighted by atomic mass is 32.2. The molecule has 5 heteroatoms. The lowest BCUT2D eigenvalue weighted by Crippen LogP contribution is -2.47.